The van der Waals surface area contributed by atoms with Crippen LogP contribution in [0.25, 0.3) is 16.8 Å². The van der Waals surface area contributed by atoms with Crippen LogP contribution in [0.2, 0.25) is 5.02 Å². The number of hydrogen-bond donors (Lipinski definition) is 1. The fourth-order valence-electron chi connectivity index (χ4n) is 3.50. The average Bonchev–Trinajstić information content (AvgIpc) is 2.96. The Balaban J connectivity index is 1.91. The van der Waals surface area contributed by atoms with E-state index in [4.69, 9.17) is 16.3 Å². The molecule has 0 saturated heterocycles. The van der Waals surface area contributed by atoms with E-state index >= 15 is 0 Å². The van der Waals surface area contributed by atoms with E-state index in [1.807, 2.05) is 19.1 Å². The number of carbonyl (C=O) groups excluding carboxylic acids is 1. The number of benzene rings is 1. The van der Waals surface area contributed by atoms with Gasteiger partial charge in [-0.2, -0.15) is 5.10 Å². The number of hydrogen-bond acceptors (Lipinski definition) is 4. The molecule has 1 saturated carbocycles. The molecule has 2 heterocycles. The molecular formula is C20H20ClN3O3. The molecule has 3 aromatic rings. The Hall–Kier alpha value is -2.60. The van der Waals surface area contributed by atoms with E-state index in [9.17, 15) is 9.59 Å². The summed E-state index contributed by atoms with van der Waals surface area (Å²) >= 11 is 6.10. The molecule has 7 heteroatoms. The molecule has 1 N–H and O–H groups in total. The Morgan fingerprint density at radius 1 is 1.41 bits per heavy atom. The van der Waals surface area contributed by atoms with E-state index < -0.39 is 5.97 Å². The smallest absolute Gasteiger partial charge is 0.359 e. The molecule has 1 fully saturated rings. The van der Waals surface area contributed by atoms with E-state index in [2.05, 4.69) is 10.1 Å². The molecule has 0 bridgehead atoms. The minimum atomic E-state index is -0.480. The monoisotopic (exact) mass is 385 g/mol. The number of nitrogens with one attached hydrogen (secondary N) is 1. The van der Waals surface area contributed by atoms with Gasteiger partial charge < -0.3 is 9.72 Å². The summed E-state index contributed by atoms with van der Waals surface area (Å²) in [5.74, 6) is -0.307. The van der Waals surface area contributed by atoms with Crippen molar-refractivity contribution in [3.8, 4) is 11.3 Å². The lowest BCUT2D eigenvalue weighted by molar-refractivity contribution is 0.0516. The van der Waals surface area contributed by atoms with Gasteiger partial charge in [0, 0.05) is 10.6 Å². The molecule has 140 valence electrons. The fourth-order valence-corrected chi connectivity index (χ4v) is 3.61. The zero-order chi connectivity index (χ0) is 19.1. The van der Waals surface area contributed by atoms with Crippen molar-refractivity contribution in [1.82, 2.24) is 14.6 Å². The molecule has 0 amide bonds. The summed E-state index contributed by atoms with van der Waals surface area (Å²) < 4.78 is 6.67. The standard InChI is InChI=1S/C20H20ClN3O3/c1-3-27-20(26)17-16(12-5-4-6-12)18-19(25)22-15(10-24(18)23-17)13-7-8-14(21)11(2)9-13/h7-10,12H,3-6H2,1-2H3,(H,22,25). The van der Waals surface area contributed by atoms with Crippen LogP contribution in [0.1, 0.15) is 53.7 Å². The predicted molar refractivity (Wildman–Crippen MR) is 104 cm³/mol. The third kappa shape index (κ3) is 3.04. The van der Waals surface area contributed by atoms with Crippen molar-refractivity contribution in [2.75, 3.05) is 6.61 Å². The number of carbonyl (C=O) groups is 1. The fraction of sp³-hybridized carbons (Fsp3) is 0.350. The predicted octanol–water partition coefficient (Wildman–Crippen LogP) is 4.10. The van der Waals surface area contributed by atoms with Crippen LogP contribution < -0.4 is 5.56 Å². The summed E-state index contributed by atoms with van der Waals surface area (Å²) in [6.45, 7) is 3.93. The highest BCUT2D eigenvalue weighted by molar-refractivity contribution is 6.31. The van der Waals surface area contributed by atoms with Crippen LogP contribution >= 0.6 is 11.6 Å². The van der Waals surface area contributed by atoms with Crippen molar-refractivity contribution in [1.29, 1.82) is 0 Å². The number of fused-ring (bicyclic) bond motifs is 1. The van der Waals surface area contributed by atoms with Crippen molar-refractivity contribution in [2.45, 2.75) is 39.0 Å². The third-order valence-electron chi connectivity index (χ3n) is 5.11. The molecule has 1 aliphatic carbocycles. The Kier molecular flexibility index (Phi) is 4.52. The van der Waals surface area contributed by atoms with Crippen LogP contribution in [0.15, 0.2) is 29.2 Å². The van der Waals surface area contributed by atoms with Crippen LogP contribution in [0.4, 0.5) is 0 Å². The number of ether oxygens (including phenoxy) is 1. The van der Waals surface area contributed by atoms with E-state index in [-0.39, 0.29) is 23.8 Å². The molecule has 0 radical (unpaired) electrons. The first kappa shape index (κ1) is 17.8. The van der Waals surface area contributed by atoms with Gasteiger partial charge in [-0.05, 0) is 55.9 Å². The second-order valence-electron chi connectivity index (χ2n) is 6.86. The van der Waals surface area contributed by atoms with Crippen molar-refractivity contribution >= 4 is 23.1 Å². The second kappa shape index (κ2) is 6.85. The summed E-state index contributed by atoms with van der Waals surface area (Å²) in [6, 6.07) is 5.54. The van der Waals surface area contributed by atoms with E-state index in [0.717, 1.165) is 30.4 Å². The van der Waals surface area contributed by atoms with Crippen molar-refractivity contribution < 1.29 is 9.53 Å². The maximum atomic E-state index is 12.9. The van der Waals surface area contributed by atoms with Crippen LogP contribution in [-0.4, -0.2) is 27.2 Å². The van der Waals surface area contributed by atoms with Crippen molar-refractivity contribution in [2.24, 2.45) is 0 Å². The lowest BCUT2D eigenvalue weighted by Gasteiger charge is -2.25. The van der Waals surface area contributed by atoms with Gasteiger partial charge in [0.05, 0.1) is 18.5 Å². The van der Waals surface area contributed by atoms with Gasteiger partial charge in [0.15, 0.2) is 5.69 Å². The Morgan fingerprint density at radius 2 is 2.19 bits per heavy atom. The van der Waals surface area contributed by atoms with Crippen LogP contribution in [0.3, 0.4) is 0 Å². The maximum absolute atomic E-state index is 12.9. The highest BCUT2D eigenvalue weighted by Gasteiger charge is 2.32. The first-order valence-corrected chi connectivity index (χ1v) is 9.46. The molecule has 4 rings (SSSR count). The molecular weight excluding hydrogens is 366 g/mol. The van der Waals surface area contributed by atoms with E-state index in [1.165, 1.54) is 4.52 Å². The number of nitrogens with zero attached hydrogens (tertiary/aromatic N) is 2. The zero-order valence-corrected chi connectivity index (χ0v) is 16.0. The van der Waals surface area contributed by atoms with Crippen LogP contribution in [0, 0.1) is 6.92 Å². The largest absolute Gasteiger partial charge is 0.461 e. The van der Waals surface area contributed by atoms with Crippen LogP contribution in [-0.2, 0) is 4.74 Å². The normalized spacial score (nSPS) is 14.3. The van der Waals surface area contributed by atoms with Gasteiger partial charge >= 0.3 is 5.97 Å². The molecule has 1 aromatic carbocycles. The lowest BCUT2D eigenvalue weighted by Crippen LogP contribution is -2.18. The number of rotatable bonds is 4. The van der Waals surface area contributed by atoms with E-state index in [1.54, 1.807) is 19.2 Å². The molecule has 0 aliphatic heterocycles. The SMILES string of the molecule is CCOC(=O)c1nn2cc(-c3ccc(Cl)c(C)c3)[nH]c(=O)c2c1C1CCC1. The second-order valence-corrected chi connectivity index (χ2v) is 7.27. The van der Waals surface area contributed by atoms with Gasteiger partial charge in [-0.25, -0.2) is 9.31 Å². The lowest BCUT2D eigenvalue weighted by atomic mass is 9.79. The Morgan fingerprint density at radius 3 is 2.81 bits per heavy atom. The summed E-state index contributed by atoms with van der Waals surface area (Å²) in [5, 5.41) is 5.08. The number of aryl methyl sites for hydroxylation is 1. The summed E-state index contributed by atoms with van der Waals surface area (Å²) in [6.07, 6.45) is 4.73. The molecule has 0 unspecified atom stereocenters. The van der Waals surface area contributed by atoms with Gasteiger partial charge in [0.1, 0.15) is 5.52 Å². The molecule has 0 spiro atoms. The quantitative estimate of drug-likeness (QED) is 0.686. The molecule has 6 nitrogen and oxygen atoms in total. The summed E-state index contributed by atoms with van der Waals surface area (Å²) in [5.41, 5.74) is 3.48. The number of aromatic nitrogens is 3. The van der Waals surface area contributed by atoms with Gasteiger partial charge in [-0.3, -0.25) is 4.79 Å². The molecule has 2 aromatic heterocycles. The molecule has 0 atom stereocenters. The van der Waals surface area contributed by atoms with Crippen molar-refractivity contribution in [3.63, 3.8) is 0 Å². The highest BCUT2D eigenvalue weighted by atomic mass is 35.5. The number of halogens is 1. The zero-order valence-electron chi connectivity index (χ0n) is 15.2. The van der Waals surface area contributed by atoms with Crippen LogP contribution in [0.5, 0.6) is 0 Å². The minimum Gasteiger partial charge on any atom is -0.461 e. The number of H-pyrrole nitrogens is 1. The average molecular weight is 386 g/mol. The minimum absolute atomic E-state index is 0.173. The third-order valence-corrected chi connectivity index (χ3v) is 5.54. The maximum Gasteiger partial charge on any atom is 0.359 e. The Bertz CT molecular complexity index is 1100. The highest BCUT2D eigenvalue weighted by Crippen LogP contribution is 2.39. The van der Waals surface area contributed by atoms with Crippen molar-refractivity contribution in [3.05, 3.63) is 56.6 Å². The number of esters is 1. The first-order chi connectivity index (χ1) is 13.0. The van der Waals surface area contributed by atoms with Gasteiger partial charge in [0.25, 0.3) is 5.56 Å². The Labute approximate surface area is 161 Å². The number of aromatic amines is 1. The summed E-state index contributed by atoms with van der Waals surface area (Å²) in [4.78, 5) is 28.2. The van der Waals surface area contributed by atoms with Gasteiger partial charge in [0.2, 0.25) is 0 Å². The summed E-state index contributed by atoms with van der Waals surface area (Å²) in [7, 11) is 0. The topological polar surface area (TPSA) is 76.5 Å². The van der Waals surface area contributed by atoms with Gasteiger partial charge in [-0.15, -0.1) is 0 Å². The van der Waals surface area contributed by atoms with E-state index in [0.29, 0.717) is 21.8 Å². The molecule has 1 aliphatic rings. The molecule has 27 heavy (non-hydrogen) atoms. The van der Waals surface area contributed by atoms with Gasteiger partial charge in [-0.1, -0.05) is 24.1 Å². The first-order valence-electron chi connectivity index (χ1n) is 9.08.